The van der Waals surface area contributed by atoms with Crippen LogP contribution in [0.4, 0.5) is 0 Å². The van der Waals surface area contributed by atoms with Gasteiger partial charge in [0.1, 0.15) is 12.4 Å². The molecule has 1 fully saturated rings. The van der Waals surface area contributed by atoms with Crippen LogP contribution >= 0.6 is 11.3 Å². The summed E-state index contributed by atoms with van der Waals surface area (Å²) in [7, 11) is 3.75. The van der Waals surface area contributed by atoms with Crippen LogP contribution in [0.5, 0.6) is 5.75 Å². The summed E-state index contributed by atoms with van der Waals surface area (Å²) < 4.78 is 38.2. The summed E-state index contributed by atoms with van der Waals surface area (Å²) in [6.45, 7) is 4.38. The highest BCUT2D eigenvalue weighted by atomic mass is 32.2. The van der Waals surface area contributed by atoms with E-state index in [0.717, 1.165) is 6.42 Å². The highest BCUT2D eigenvalue weighted by Gasteiger charge is 2.30. The molecule has 1 unspecified atom stereocenters. The number of hydrogen-bond donors (Lipinski definition) is 1. The number of sulfonamides is 1. The molecule has 1 amide bonds. The molecule has 0 bridgehead atoms. The summed E-state index contributed by atoms with van der Waals surface area (Å²) in [6.07, 6.45) is 5.80. The Hall–Kier alpha value is -1.98. The maximum absolute atomic E-state index is 13.1. The van der Waals surface area contributed by atoms with E-state index in [-0.39, 0.29) is 30.6 Å². The molecular formula is C29H45N3O5S2. The molecule has 3 rings (SSSR count). The van der Waals surface area contributed by atoms with E-state index in [1.54, 1.807) is 33.1 Å². The first-order valence-electron chi connectivity index (χ1n) is 13.7. The van der Waals surface area contributed by atoms with Gasteiger partial charge in [-0.05, 0) is 93.7 Å². The molecule has 1 aromatic carbocycles. The van der Waals surface area contributed by atoms with Crippen LogP contribution < -0.4 is 10.1 Å². The van der Waals surface area contributed by atoms with Gasteiger partial charge in [0.05, 0.1) is 18.6 Å². The Balaban J connectivity index is 1.34. The third-order valence-electron chi connectivity index (χ3n) is 7.73. The Labute approximate surface area is 238 Å². The smallest absolute Gasteiger partial charge is 0.245 e. The number of hydrogen-bond acceptors (Lipinski definition) is 7. The predicted molar refractivity (Wildman–Crippen MR) is 157 cm³/mol. The van der Waals surface area contributed by atoms with Crippen LogP contribution in [-0.2, 0) is 19.6 Å². The minimum Gasteiger partial charge on any atom is -0.497 e. The second kappa shape index (κ2) is 14.6. The molecule has 218 valence electrons. The zero-order valence-corrected chi connectivity index (χ0v) is 25.9. The number of nitrogens with zero attached hydrogens (tertiary/aromatic N) is 2. The van der Waals surface area contributed by atoms with Crippen molar-refractivity contribution in [2.45, 2.75) is 56.9 Å². The van der Waals surface area contributed by atoms with Crippen molar-refractivity contribution in [3.05, 3.63) is 45.6 Å². The Morgan fingerprint density at radius 3 is 2.36 bits per heavy atom. The van der Waals surface area contributed by atoms with Crippen LogP contribution in [0.1, 0.15) is 54.1 Å². The SMILES string of the molecule is COc1cc(C)c(S(=O)(=O)N(C)CCOCC(=O)NCCC2CCC(C(c3cccs3)N(C)C)CC2)c(C)c1. The van der Waals surface area contributed by atoms with E-state index in [2.05, 4.69) is 41.8 Å². The van der Waals surface area contributed by atoms with Crippen molar-refractivity contribution < 1.29 is 22.7 Å². The van der Waals surface area contributed by atoms with Crippen molar-refractivity contribution in [2.75, 3.05) is 54.6 Å². The van der Waals surface area contributed by atoms with E-state index >= 15 is 0 Å². The fourth-order valence-corrected chi connectivity index (χ4v) is 8.27. The quantitative estimate of drug-likeness (QED) is 0.329. The molecule has 0 saturated heterocycles. The average Bonchev–Trinajstić information content (AvgIpc) is 3.41. The standard InChI is InChI=1S/C29H45N3O5S2/c1-21-18-25(36-6)19-22(2)29(21)39(34,35)32(5)15-16-37-20-27(33)30-14-13-23-9-11-24(12-10-23)28(31(3)4)26-8-7-17-38-26/h7-8,17-19,23-24,28H,9-16,20H2,1-6H3,(H,30,33). The van der Waals surface area contributed by atoms with E-state index in [0.29, 0.717) is 41.3 Å². The first kappa shape index (κ1) is 31.5. The second-order valence-corrected chi connectivity index (χ2v) is 13.8. The average molecular weight is 580 g/mol. The number of amides is 1. The largest absolute Gasteiger partial charge is 0.497 e. The minimum absolute atomic E-state index is 0.0768. The Morgan fingerprint density at radius 1 is 1.13 bits per heavy atom. The lowest BCUT2D eigenvalue weighted by atomic mass is 9.76. The van der Waals surface area contributed by atoms with Crippen molar-refractivity contribution in [1.82, 2.24) is 14.5 Å². The molecule has 1 aromatic heterocycles. The van der Waals surface area contributed by atoms with Gasteiger partial charge in [-0.25, -0.2) is 8.42 Å². The molecule has 0 radical (unpaired) electrons. The van der Waals surface area contributed by atoms with Gasteiger partial charge < -0.3 is 19.7 Å². The Kier molecular flexibility index (Phi) is 11.8. The number of ether oxygens (including phenoxy) is 2. The van der Waals surface area contributed by atoms with Crippen LogP contribution in [0.15, 0.2) is 34.5 Å². The number of aryl methyl sites for hydroxylation is 2. The molecule has 10 heteroatoms. The molecule has 0 spiro atoms. The highest BCUT2D eigenvalue weighted by molar-refractivity contribution is 7.89. The lowest BCUT2D eigenvalue weighted by Crippen LogP contribution is -2.34. The summed E-state index contributed by atoms with van der Waals surface area (Å²) >= 11 is 1.84. The van der Waals surface area contributed by atoms with E-state index in [4.69, 9.17) is 9.47 Å². The molecular weight excluding hydrogens is 534 g/mol. The fraction of sp³-hybridized carbons (Fsp3) is 0.621. The lowest BCUT2D eigenvalue weighted by molar-refractivity contribution is -0.125. The van der Waals surface area contributed by atoms with Crippen molar-refractivity contribution in [3.8, 4) is 5.75 Å². The number of likely N-dealkylation sites (N-methyl/N-ethyl adjacent to an activating group) is 1. The van der Waals surface area contributed by atoms with E-state index in [1.807, 2.05) is 11.3 Å². The molecule has 1 atom stereocenters. The Bertz CT molecular complexity index is 1140. The molecule has 2 aromatic rings. The highest BCUT2D eigenvalue weighted by Crippen LogP contribution is 2.41. The summed E-state index contributed by atoms with van der Waals surface area (Å²) in [6, 6.07) is 8.30. The third-order valence-corrected chi connectivity index (χ3v) is 10.8. The summed E-state index contributed by atoms with van der Waals surface area (Å²) in [5, 5.41) is 5.12. The maximum atomic E-state index is 13.1. The van der Waals surface area contributed by atoms with Gasteiger partial charge in [-0.2, -0.15) is 4.31 Å². The fourth-order valence-electron chi connectivity index (χ4n) is 5.70. The monoisotopic (exact) mass is 579 g/mol. The van der Waals surface area contributed by atoms with Gasteiger partial charge in [0.15, 0.2) is 0 Å². The van der Waals surface area contributed by atoms with E-state index in [1.165, 1.54) is 41.9 Å². The van der Waals surface area contributed by atoms with Crippen LogP contribution in [0.2, 0.25) is 0 Å². The zero-order valence-electron chi connectivity index (χ0n) is 24.2. The molecule has 1 heterocycles. The van der Waals surface area contributed by atoms with Gasteiger partial charge in [-0.3, -0.25) is 4.79 Å². The lowest BCUT2D eigenvalue weighted by Gasteiger charge is -2.37. The van der Waals surface area contributed by atoms with E-state index < -0.39 is 10.0 Å². The van der Waals surface area contributed by atoms with Crippen LogP contribution in [0.3, 0.4) is 0 Å². The van der Waals surface area contributed by atoms with Gasteiger partial charge in [0.2, 0.25) is 15.9 Å². The summed E-state index contributed by atoms with van der Waals surface area (Å²) in [5.41, 5.74) is 1.26. The normalized spacial score (nSPS) is 18.9. The van der Waals surface area contributed by atoms with Gasteiger partial charge in [0, 0.05) is 31.1 Å². The summed E-state index contributed by atoms with van der Waals surface area (Å²) in [5.74, 6) is 1.77. The third kappa shape index (κ3) is 8.50. The van der Waals surface area contributed by atoms with Gasteiger partial charge in [-0.1, -0.05) is 18.9 Å². The number of benzene rings is 1. The zero-order chi connectivity index (χ0) is 28.6. The van der Waals surface area contributed by atoms with Gasteiger partial charge >= 0.3 is 0 Å². The number of thiophene rings is 1. The number of carbonyl (C=O) groups is 1. The predicted octanol–water partition coefficient (Wildman–Crippen LogP) is 4.63. The van der Waals surface area contributed by atoms with Crippen LogP contribution in [0.25, 0.3) is 0 Å². The van der Waals surface area contributed by atoms with Crippen molar-refractivity contribution in [3.63, 3.8) is 0 Å². The van der Waals surface area contributed by atoms with Crippen LogP contribution in [0, 0.1) is 25.7 Å². The van der Waals surface area contributed by atoms with Crippen molar-refractivity contribution in [2.24, 2.45) is 11.8 Å². The number of methoxy groups -OCH3 is 1. The van der Waals surface area contributed by atoms with Crippen molar-refractivity contribution >= 4 is 27.3 Å². The molecule has 1 N–H and O–H groups in total. The topological polar surface area (TPSA) is 88.2 Å². The van der Waals surface area contributed by atoms with Crippen molar-refractivity contribution in [1.29, 1.82) is 0 Å². The van der Waals surface area contributed by atoms with Gasteiger partial charge in [-0.15, -0.1) is 11.3 Å². The first-order chi connectivity index (χ1) is 18.5. The molecule has 8 nitrogen and oxygen atoms in total. The van der Waals surface area contributed by atoms with Crippen LogP contribution in [-0.4, -0.2) is 78.1 Å². The number of nitrogens with one attached hydrogen (secondary N) is 1. The molecule has 1 aliphatic carbocycles. The molecule has 1 saturated carbocycles. The van der Waals surface area contributed by atoms with E-state index in [9.17, 15) is 13.2 Å². The maximum Gasteiger partial charge on any atom is 0.245 e. The minimum atomic E-state index is -3.68. The molecule has 0 aliphatic heterocycles. The number of carbonyl (C=O) groups excluding carboxylic acids is 1. The first-order valence-corrected chi connectivity index (χ1v) is 16.0. The number of rotatable bonds is 14. The molecule has 39 heavy (non-hydrogen) atoms. The molecule has 1 aliphatic rings. The van der Waals surface area contributed by atoms with Gasteiger partial charge in [0.25, 0.3) is 0 Å². The second-order valence-electron chi connectivity index (χ2n) is 10.8. The Morgan fingerprint density at radius 2 is 1.79 bits per heavy atom. The summed E-state index contributed by atoms with van der Waals surface area (Å²) in [4.78, 5) is 16.3.